The van der Waals surface area contributed by atoms with Crippen LogP contribution in [0.5, 0.6) is 0 Å². The molecule has 1 amide bonds. The molecule has 2 N–H and O–H groups in total. The van der Waals surface area contributed by atoms with Gasteiger partial charge in [-0.15, -0.1) is 0 Å². The first-order valence-corrected chi connectivity index (χ1v) is 7.98. The highest BCUT2D eigenvalue weighted by Gasteiger charge is 2.36. The van der Waals surface area contributed by atoms with Crippen molar-refractivity contribution in [1.29, 1.82) is 0 Å². The van der Waals surface area contributed by atoms with E-state index < -0.39 is 22.2 Å². The summed E-state index contributed by atoms with van der Waals surface area (Å²) >= 11 is 0. The van der Waals surface area contributed by atoms with Gasteiger partial charge in [0.05, 0.1) is 13.2 Å². The fourth-order valence-electron chi connectivity index (χ4n) is 1.90. The van der Waals surface area contributed by atoms with Crippen LogP contribution in [0.1, 0.15) is 13.8 Å². The van der Waals surface area contributed by atoms with Gasteiger partial charge in [-0.3, -0.25) is 9.59 Å². The quantitative estimate of drug-likeness (QED) is 0.587. The van der Waals surface area contributed by atoms with E-state index in [0.29, 0.717) is 0 Å². The Morgan fingerprint density at radius 2 is 1.95 bits per heavy atom. The standard InChI is InChI=1S/C11H21N3O6S/c1-9(11(16)17)14(4-3-12-10(2)15)21(18,19)13-5-7-20-8-6-13/h9H,3-8H2,1-2H3,(H,12,15)(H,16,17). The minimum Gasteiger partial charge on any atom is -0.480 e. The third-order valence-corrected chi connectivity index (χ3v) is 5.20. The van der Waals surface area contributed by atoms with Crippen molar-refractivity contribution in [3.8, 4) is 0 Å². The summed E-state index contributed by atoms with van der Waals surface area (Å²) in [4.78, 5) is 22.0. The van der Waals surface area contributed by atoms with Crippen molar-refractivity contribution >= 4 is 22.1 Å². The van der Waals surface area contributed by atoms with Gasteiger partial charge in [0.15, 0.2) is 0 Å². The molecule has 0 bridgehead atoms. The zero-order valence-corrected chi connectivity index (χ0v) is 12.9. The normalized spacial score (nSPS) is 18.4. The van der Waals surface area contributed by atoms with E-state index in [4.69, 9.17) is 9.84 Å². The molecular weight excluding hydrogens is 302 g/mol. The molecule has 1 atom stereocenters. The van der Waals surface area contributed by atoms with Crippen LogP contribution in [0, 0.1) is 0 Å². The first kappa shape index (κ1) is 17.8. The van der Waals surface area contributed by atoms with Crippen LogP contribution in [0.4, 0.5) is 0 Å². The molecule has 1 heterocycles. The lowest BCUT2D eigenvalue weighted by Gasteiger charge is -2.33. The Labute approximate surface area is 124 Å². The highest BCUT2D eigenvalue weighted by atomic mass is 32.2. The number of carboxylic acid groups (broad SMARTS) is 1. The van der Waals surface area contributed by atoms with E-state index in [2.05, 4.69) is 5.32 Å². The molecule has 0 aromatic carbocycles. The first-order valence-electron chi connectivity index (χ1n) is 6.58. The second kappa shape index (κ2) is 7.69. The SMILES string of the molecule is CC(=O)NCCN(C(C)C(=O)O)S(=O)(=O)N1CCOCC1. The summed E-state index contributed by atoms with van der Waals surface area (Å²) in [7, 11) is -3.91. The fourth-order valence-corrected chi connectivity index (χ4v) is 3.62. The minimum atomic E-state index is -3.91. The minimum absolute atomic E-state index is 0.0521. The van der Waals surface area contributed by atoms with E-state index in [1.54, 1.807) is 0 Å². The predicted molar refractivity (Wildman–Crippen MR) is 73.8 cm³/mol. The van der Waals surface area contributed by atoms with Gasteiger partial charge in [-0.25, -0.2) is 0 Å². The Hall–Kier alpha value is -1.23. The number of carboxylic acids is 1. The maximum atomic E-state index is 12.5. The predicted octanol–water partition coefficient (Wildman–Crippen LogP) is -1.53. The number of amides is 1. The summed E-state index contributed by atoms with van der Waals surface area (Å²) in [6, 6.07) is -1.22. The van der Waals surface area contributed by atoms with E-state index in [1.165, 1.54) is 18.2 Å². The van der Waals surface area contributed by atoms with Crippen LogP contribution in [-0.4, -0.2) is 79.4 Å². The first-order chi connectivity index (χ1) is 9.76. The maximum Gasteiger partial charge on any atom is 0.321 e. The molecule has 0 radical (unpaired) electrons. The molecule has 1 rings (SSSR count). The summed E-state index contributed by atoms with van der Waals surface area (Å²) in [5, 5.41) is 11.5. The molecule has 21 heavy (non-hydrogen) atoms. The zero-order chi connectivity index (χ0) is 16.0. The Balaban J connectivity index is 2.87. The van der Waals surface area contributed by atoms with Crippen LogP contribution in [0.15, 0.2) is 0 Å². The molecule has 0 aromatic rings. The molecule has 0 saturated carbocycles. The van der Waals surface area contributed by atoms with Gasteiger partial charge in [0.2, 0.25) is 5.91 Å². The number of carbonyl (C=O) groups is 2. The lowest BCUT2D eigenvalue weighted by molar-refractivity contribution is -0.140. The average molecular weight is 323 g/mol. The van der Waals surface area contributed by atoms with Crippen LogP contribution in [0.3, 0.4) is 0 Å². The van der Waals surface area contributed by atoms with Crippen LogP contribution < -0.4 is 5.32 Å². The molecule has 1 aliphatic heterocycles. The second-order valence-electron chi connectivity index (χ2n) is 4.63. The molecule has 1 fully saturated rings. The molecule has 10 heteroatoms. The number of carbonyl (C=O) groups excluding carboxylic acids is 1. The van der Waals surface area contributed by atoms with Crippen LogP contribution in [0.25, 0.3) is 0 Å². The monoisotopic (exact) mass is 323 g/mol. The van der Waals surface area contributed by atoms with Gasteiger partial charge in [0.1, 0.15) is 6.04 Å². The zero-order valence-electron chi connectivity index (χ0n) is 12.1. The van der Waals surface area contributed by atoms with Crippen molar-refractivity contribution in [2.45, 2.75) is 19.9 Å². The Morgan fingerprint density at radius 1 is 1.38 bits per heavy atom. The highest BCUT2D eigenvalue weighted by Crippen LogP contribution is 2.14. The summed E-state index contributed by atoms with van der Waals surface area (Å²) in [6.45, 7) is 3.48. The van der Waals surface area contributed by atoms with Crippen molar-refractivity contribution in [2.75, 3.05) is 39.4 Å². The topological polar surface area (TPSA) is 116 Å². The molecule has 1 aliphatic rings. The number of morpholine rings is 1. The molecule has 0 aromatic heterocycles. The summed E-state index contributed by atoms with van der Waals surface area (Å²) in [5.74, 6) is -1.55. The van der Waals surface area contributed by atoms with Crippen molar-refractivity contribution in [3.63, 3.8) is 0 Å². The maximum absolute atomic E-state index is 12.5. The Morgan fingerprint density at radius 3 is 2.43 bits per heavy atom. The van der Waals surface area contributed by atoms with E-state index in [0.717, 1.165) is 4.31 Å². The van der Waals surface area contributed by atoms with Gasteiger partial charge in [-0.1, -0.05) is 0 Å². The highest BCUT2D eigenvalue weighted by molar-refractivity contribution is 7.86. The number of nitrogens with one attached hydrogen (secondary N) is 1. The van der Waals surface area contributed by atoms with E-state index >= 15 is 0 Å². The third kappa shape index (κ3) is 4.92. The van der Waals surface area contributed by atoms with Crippen molar-refractivity contribution in [3.05, 3.63) is 0 Å². The fraction of sp³-hybridized carbons (Fsp3) is 0.818. The molecular formula is C11H21N3O6S. The van der Waals surface area contributed by atoms with E-state index in [1.807, 2.05) is 0 Å². The average Bonchev–Trinajstić information content (AvgIpc) is 2.43. The summed E-state index contributed by atoms with van der Waals surface area (Å²) < 4.78 is 32.2. The van der Waals surface area contributed by atoms with Gasteiger partial charge < -0.3 is 15.2 Å². The lowest BCUT2D eigenvalue weighted by Crippen LogP contribution is -2.54. The van der Waals surface area contributed by atoms with Crippen molar-refractivity contribution in [1.82, 2.24) is 13.9 Å². The Bertz CT molecular complexity index is 474. The van der Waals surface area contributed by atoms with Gasteiger partial charge in [-0.2, -0.15) is 17.0 Å². The van der Waals surface area contributed by atoms with Crippen LogP contribution >= 0.6 is 0 Å². The molecule has 0 spiro atoms. The third-order valence-electron chi connectivity index (χ3n) is 3.09. The smallest absolute Gasteiger partial charge is 0.321 e. The summed E-state index contributed by atoms with van der Waals surface area (Å²) in [6.07, 6.45) is 0. The molecule has 9 nitrogen and oxygen atoms in total. The van der Waals surface area contributed by atoms with E-state index in [9.17, 15) is 18.0 Å². The number of rotatable bonds is 7. The Kier molecular flexibility index (Phi) is 6.52. The van der Waals surface area contributed by atoms with E-state index in [-0.39, 0.29) is 45.3 Å². The van der Waals surface area contributed by atoms with Crippen LogP contribution in [-0.2, 0) is 24.5 Å². The number of hydrogen-bond acceptors (Lipinski definition) is 5. The van der Waals surface area contributed by atoms with Crippen molar-refractivity contribution in [2.24, 2.45) is 0 Å². The molecule has 0 aliphatic carbocycles. The van der Waals surface area contributed by atoms with Gasteiger partial charge in [-0.05, 0) is 6.92 Å². The number of ether oxygens (including phenoxy) is 1. The van der Waals surface area contributed by atoms with Gasteiger partial charge in [0.25, 0.3) is 10.2 Å². The molecule has 1 unspecified atom stereocenters. The largest absolute Gasteiger partial charge is 0.480 e. The summed E-state index contributed by atoms with van der Waals surface area (Å²) in [5.41, 5.74) is 0. The van der Waals surface area contributed by atoms with Crippen molar-refractivity contribution < 1.29 is 27.9 Å². The number of nitrogens with zero attached hydrogens (tertiary/aromatic N) is 2. The lowest BCUT2D eigenvalue weighted by atomic mass is 10.3. The second-order valence-corrected chi connectivity index (χ2v) is 6.51. The number of hydrogen-bond donors (Lipinski definition) is 2. The van der Waals surface area contributed by atoms with Gasteiger partial charge >= 0.3 is 5.97 Å². The van der Waals surface area contributed by atoms with Gasteiger partial charge in [0, 0.05) is 33.1 Å². The van der Waals surface area contributed by atoms with Crippen LogP contribution in [0.2, 0.25) is 0 Å². The number of aliphatic carboxylic acids is 1. The molecule has 122 valence electrons. The molecule has 1 saturated heterocycles.